The molecule has 0 aliphatic heterocycles. The molecule has 0 bridgehead atoms. The van der Waals surface area contributed by atoms with Crippen LogP contribution in [0.4, 0.5) is 4.79 Å². The van der Waals surface area contributed by atoms with Crippen molar-refractivity contribution in [3.63, 3.8) is 0 Å². The van der Waals surface area contributed by atoms with E-state index in [0.717, 1.165) is 38.8 Å². The van der Waals surface area contributed by atoms with Crippen molar-refractivity contribution in [2.24, 2.45) is 0 Å². The van der Waals surface area contributed by atoms with Crippen LogP contribution in [-0.2, 0) is 4.74 Å². The normalized spacial score (nSPS) is 25.7. The fourth-order valence-electron chi connectivity index (χ4n) is 2.25. The van der Waals surface area contributed by atoms with Crippen LogP contribution in [0.15, 0.2) is 0 Å². The summed E-state index contributed by atoms with van der Waals surface area (Å²) >= 11 is 0. The summed E-state index contributed by atoms with van der Waals surface area (Å²) in [5, 5.41) is 11.2. The van der Waals surface area contributed by atoms with Crippen LogP contribution < -0.4 is 5.32 Å². The minimum atomic E-state index is -0.906. The third-order valence-corrected chi connectivity index (χ3v) is 3.30. The number of carboxylic acid groups (broad SMARTS) is 1. The first-order valence-electron chi connectivity index (χ1n) is 5.82. The van der Waals surface area contributed by atoms with Gasteiger partial charge in [-0.05, 0) is 32.7 Å². The molecule has 94 valence electrons. The maximum Gasteiger partial charge on any atom is 0.404 e. The largest absolute Gasteiger partial charge is 0.465 e. The number of likely N-dealkylation sites (N-methyl/N-ethyl adjacent to an activating group) is 1. The zero-order chi connectivity index (χ0) is 12.0. The molecule has 5 heteroatoms. The van der Waals surface area contributed by atoms with Crippen LogP contribution in [-0.4, -0.2) is 55.5 Å². The Kier molecular flexibility index (Phi) is 5.55. The maximum absolute atomic E-state index is 10.5. The lowest BCUT2D eigenvalue weighted by atomic mass is 9.90. The van der Waals surface area contributed by atoms with Crippen molar-refractivity contribution in [1.82, 2.24) is 10.2 Å². The van der Waals surface area contributed by atoms with E-state index in [1.807, 2.05) is 0 Å². The van der Waals surface area contributed by atoms with Gasteiger partial charge in [0, 0.05) is 25.7 Å². The van der Waals surface area contributed by atoms with Crippen molar-refractivity contribution in [3.05, 3.63) is 0 Å². The lowest BCUT2D eigenvalue weighted by Crippen LogP contribution is -2.43. The lowest BCUT2D eigenvalue weighted by molar-refractivity contribution is 0.116. The second-order valence-corrected chi connectivity index (χ2v) is 4.43. The van der Waals surface area contributed by atoms with Gasteiger partial charge in [0.15, 0.2) is 0 Å². The summed E-state index contributed by atoms with van der Waals surface area (Å²) in [7, 11) is 3.82. The molecule has 0 aromatic heterocycles. The highest BCUT2D eigenvalue weighted by Crippen LogP contribution is 2.22. The number of hydrogen-bond donors (Lipinski definition) is 2. The molecule has 2 N–H and O–H groups in total. The van der Waals surface area contributed by atoms with Crippen molar-refractivity contribution < 1.29 is 14.6 Å². The van der Waals surface area contributed by atoms with Crippen molar-refractivity contribution in [2.45, 2.75) is 37.8 Å². The van der Waals surface area contributed by atoms with Gasteiger partial charge in [-0.2, -0.15) is 0 Å². The molecule has 0 atom stereocenters. The first-order valence-corrected chi connectivity index (χ1v) is 5.82. The number of carbonyl (C=O) groups is 1. The van der Waals surface area contributed by atoms with Gasteiger partial charge in [0.05, 0.1) is 6.61 Å². The van der Waals surface area contributed by atoms with Gasteiger partial charge in [-0.15, -0.1) is 0 Å². The van der Waals surface area contributed by atoms with Gasteiger partial charge in [0.1, 0.15) is 0 Å². The Morgan fingerprint density at radius 2 is 2.06 bits per heavy atom. The molecule has 0 aromatic rings. The first kappa shape index (κ1) is 13.3. The molecule has 0 heterocycles. The minimum absolute atomic E-state index is 0.143. The number of nitrogens with zero attached hydrogens (tertiary/aromatic N) is 1. The lowest BCUT2D eigenvalue weighted by Gasteiger charge is -2.34. The second-order valence-electron chi connectivity index (χ2n) is 4.43. The third-order valence-electron chi connectivity index (χ3n) is 3.30. The molecule has 0 aromatic carbocycles. The molecular weight excluding hydrogens is 208 g/mol. The molecule has 5 nitrogen and oxygen atoms in total. The van der Waals surface area contributed by atoms with Gasteiger partial charge in [0.25, 0.3) is 0 Å². The van der Waals surface area contributed by atoms with Crippen LogP contribution in [0.1, 0.15) is 25.7 Å². The first-order chi connectivity index (χ1) is 7.63. The fourth-order valence-corrected chi connectivity index (χ4v) is 2.25. The van der Waals surface area contributed by atoms with Gasteiger partial charge in [-0.1, -0.05) is 0 Å². The molecule has 1 amide bonds. The summed E-state index contributed by atoms with van der Waals surface area (Å²) in [6.07, 6.45) is 3.09. The Labute approximate surface area is 96.8 Å². The zero-order valence-corrected chi connectivity index (χ0v) is 10.1. The molecule has 1 aliphatic carbocycles. The Balaban J connectivity index is 2.23. The molecule has 0 unspecified atom stereocenters. The number of ether oxygens (including phenoxy) is 1. The predicted octanol–water partition coefficient (Wildman–Crippen LogP) is 1.14. The number of hydrogen-bond acceptors (Lipinski definition) is 3. The van der Waals surface area contributed by atoms with Crippen molar-refractivity contribution in [2.75, 3.05) is 27.3 Å². The molecule has 16 heavy (non-hydrogen) atoms. The number of rotatable bonds is 5. The average molecular weight is 230 g/mol. The van der Waals surface area contributed by atoms with E-state index < -0.39 is 6.09 Å². The van der Waals surface area contributed by atoms with E-state index in [0.29, 0.717) is 6.04 Å². The van der Waals surface area contributed by atoms with Crippen LogP contribution in [0, 0.1) is 0 Å². The van der Waals surface area contributed by atoms with Crippen LogP contribution >= 0.6 is 0 Å². The monoisotopic (exact) mass is 230 g/mol. The summed E-state index contributed by atoms with van der Waals surface area (Å²) in [4.78, 5) is 12.8. The van der Waals surface area contributed by atoms with Gasteiger partial charge in [-0.3, -0.25) is 0 Å². The topological polar surface area (TPSA) is 61.8 Å². The highest BCUT2D eigenvalue weighted by atomic mass is 16.5. The van der Waals surface area contributed by atoms with Gasteiger partial charge in [0.2, 0.25) is 0 Å². The Morgan fingerprint density at radius 1 is 1.44 bits per heavy atom. The summed E-state index contributed by atoms with van der Waals surface area (Å²) in [5.41, 5.74) is 0. The highest BCUT2D eigenvalue weighted by Gasteiger charge is 2.24. The summed E-state index contributed by atoms with van der Waals surface area (Å²) < 4.78 is 5.05. The molecule has 0 spiro atoms. The zero-order valence-electron chi connectivity index (χ0n) is 10.1. The van der Waals surface area contributed by atoms with E-state index in [9.17, 15) is 4.79 Å². The van der Waals surface area contributed by atoms with E-state index in [4.69, 9.17) is 9.84 Å². The number of methoxy groups -OCH3 is 1. The van der Waals surface area contributed by atoms with E-state index in [2.05, 4.69) is 17.3 Å². The highest BCUT2D eigenvalue weighted by molar-refractivity contribution is 5.64. The molecule has 1 rings (SSSR count). The van der Waals surface area contributed by atoms with E-state index in [1.54, 1.807) is 7.11 Å². The van der Waals surface area contributed by atoms with Crippen LogP contribution in [0.5, 0.6) is 0 Å². The van der Waals surface area contributed by atoms with Crippen LogP contribution in [0.25, 0.3) is 0 Å². The molecule has 1 saturated carbocycles. The summed E-state index contributed by atoms with van der Waals surface area (Å²) in [6, 6.07) is 0.714. The number of amides is 1. The number of nitrogens with one attached hydrogen (secondary N) is 1. The van der Waals surface area contributed by atoms with Crippen LogP contribution in [0.2, 0.25) is 0 Å². The quantitative estimate of drug-likeness (QED) is 0.743. The molecule has 1 aliphatic rings. The average Bonchev–Trinajstić information content (AvgIpc) is 2.26. The third kappa shape index (κ3) is 4.37. The summed E-state index contributed by atoms with van der Waals surface area (Å²) in [6.45, 7) is 1.70. The van der Waals surface area contributed by atoms with Gasteiger partial charge in [-0.25, -0.2) is 4.79 Å². The predicted molar refractivity (Wildman–Crippen MR) is 61.7 cm³/mol. The van der Waals surface area contributed by atoms with Crippen molar-refractivity contribution >= 4 is 6.09 Å². The Morgan fingerprint density at radius 3 is 2.56 bits per heavy atom. The molecule has 1 fully saturated rings. The second kappa shape index (κ2) is 6.70. The SMILES string of the molecule is COCCN(C)[C@H]1CC[C@H](NC(=O)O)CC1. The van der Waals surface area contributed by atoms with E-state index >= 15 is 0 Å². The minimum Gasteiger partial charge on any atom is -0.465 e. The van der Waals surface area contributed by atoms with E-state index in [1.165, 1.54) is 0 Å². The fraction of sp³-hybridized carbons (Fsp3) is 0.909. The van der Waals surface area contributed by atoms with Crippen LogP contribution in [0.3, 0.4) is 0 Å². The van der Waals surface area contributed by atoms with Crippen molar-refractivity contribution in [3.8, 4) is 0 Å². The summed E-state index contributed by atoms with van der Waals surface area (Å²) in [5.74, 6) is 0. The smallest absolute Gasteiger partial charge is 0.404 e. The molecule has 0 radical (unpaired) electrons. The van der Waals surface area contributed by atoms with Gasteiger partial charge >= 0.3 is 6.09 Å². The van der Waals surface area contributed by atoms with E-state index in [-0.39, 0.29) is 6.04 Å². The maximum atomic E-state index is 10.5. The molecular formula is C11H22N2O3. The van der Waals surface area contributed by atoms with Crippen molar-refractivity contribution in [1.29, 1.82) is 0 Å². The standard InChI is InChI=1S/C11H22N2O3/c1-13(7-8-16-2)10-5-3-9(4-6-10)12-11(14)15/h9-10,12H,3-8H2,1-2H3,(H,14,15)/t9-,10-. The molecule has 0 saturated heterocycles. The Bertz CT molecular complexity index is 215. The Hall–Kier alpha value is -0.810. The van der Waals surface area contributed by atoms with Gasteiger partial charge < -0.3 is 20.1 Å².